The summed E-state index contributed by atoms with van der Waals surface area (Å²) < 4.78 is 16.8. The van der Waals surface area contributed by atoms with Gasteiger partial charge in [0.15, 0.2) is 16.6 Å². The van der Waals surface area contributed by atoms with Gasteiger partial charge in [0.2, 0.25) is 0 Å². The first kappa shape index (κ1) is 22.9. The lowest BCUT2D eigenvalue weighted by Crippen LogP contribution is -2.40. The molecule has 2 heterocycles. The number of benzene rings is 2. The number of para-hydroxylation sites is 2. The second kappa shape index (κ2) is 10.1. The van der Waals surface area contributed by atoms with Crippen molar-refractivity contribution in [2.75, 3.05) is 52.8 Å². The number of aromatic amines is 1. The predicted molar refractivity (Wildman–Crippen MR) is 134 cm³/mol. The Kier molecular flexibility index (Phi) is 7.00. The monoisotopic (exact) mass is 468 g/mol. The van der Waals surface area contributed by atoms with Gasteiger partial charge in [0.05, 0.1) is 24.9 Å². The highest BCUT2D eigenvalue weighted by Crippen LogP contribution is 2.33. The van der Waals surface area contributed by atoms with Gasteiger partial charge in [-0.1, -0.05) is 12.1 Å². The molecule has 0 fully saturated rings. The highest BCUT2D eigenvalue weighted by Gasteiger charge is 2.17. The second-order valence-electron chi connectivity index (χ2n) is 8.06. The highest BCUT2D eigenvalue weighted by molar-refractivity contribution is 7.80. The van der Waals surface area contributed by atoms with E-state index in [9.17, 15) is 4.79 Å². The molecule has 1 aliphatic heterocycles. The first-order chi connectivity index (χ1) is 15.9. The molecule has 33 heavy (non-hydrogen) atoms. The van der Waals surface area contributed by atoms with Crippen LogP contribution in [0, 0.1) is 0 Å². The van der Waals surface area contributed by atoms with Gasteiger partial charge >= 0.3 is 0 Å². The zero-order valence-electron chi connectivity index (χ0n) is 19.0. The van der Waals surface area contributed by atoms with E-state index in [0.29, 0.717) is 59.7 Å². The van der Waals surface area contributed by atoms with Gasteiger partial charge < -0.3 is 34.3 Å². The maximum Gasteiger partial charge on any atom is 0.253 e. The van der Waals surface area contributed by atoms with Crippen LogP contribution in [0.15, 0.2) is 47.3 Å². The lowest BCUT2D eigenvalue weighted by atomic mass is 10.1. The van der Waals surface area contributed by atoms with Crippen molar-refractivity contribution in [1.82, 2.24) is 14.8 Å². The predicted octanol–water partition coefficient (Wildman–Crippen LogP) is 3.07. The molecule has 0 aliphatic carbocycles. The van der Waals surface area contributed by atoms with Crippen molar-refractivity contribution >= 4 is 33.9 Å². The summed E-state index contributed by atoms with van der Waals surface area (Å²) in [4.78, 5) is 19.9. The third-order valence-electron chi connectivity index (χ3n) is 5.40. The number of anilines is 1. The van der Waals surface area contributed by atoms with Crippen LogP contribution in [0.25, 0.3) is 10.9 Å². The highest BCUT2D eigenvalue weighted by atomic mass is 32.1. The molecule has 8 nitrogen and oxygen atoms in total. The first-order valence-electron chi connectivity index (χ1n) is 10.7. The quantitative estimate of drug-likeness (QED) is 0.513. The molecule has 0 amide bonds. The minimum atomic E-state index is -0.158. The number of hydrogen-bond acceptors (Lipinski definition) is 6. The molecule has 174 valence electrons. The molecule has 1 aliphatic rings. The molecule has 0 unspecified atom stereocenters. The molecule has 0 spiro atoms. The van der Waals surface area contributed by atoms with Crippen LogP contribution >= 0.6 is 12.2 Å². The van der Waals surface area contributed by atoms with Crippen LogP contribution in [0.1, 0.15) is 5.56 Å². The van der Waals surface area contributed by atoms with E-state index >= 15 is 0 Å². The fourth-order valence-electron chi connectivity index (χ4n) is 3.63. The fourth-order valence-corrected chi connectivity index (χ4v) is 3.89. The van der Waals surface area contributed by atoms with E-state index in [1.165, 1.54) is 0 Å². The Bertz CT molecular complexity index is 1210. The Hall–Kier alpha value is -3.30. The average Bonchev–Trinajstić information content (AvgIpc) is 2.81. The van der Waals surface area contributed by atoms with Crippen LogP contribution in [0.4, 0.5) is 5.69 Å². The SMILES string of the molecule is COc1ccccc1NC(=S)N(CCN(C)C)Cc1cc2cc3c(cc2[nH]c1=O)OCCO3. The summed E-state index contributed by atoms with van der Waals surface area (Å²) in [5.41, 5.74) is 1.94. The summed E-state index contributed by atoms with van der Waals surface area (Å²) in [6.07, 6.45) is 0. The van der Waals surface area contributed by atoms with Crippen molar-refractivity contribution in [2.45, 2.75) is 6.54 Å². The Morgan fingerprint density at radius 2 is 1.85 bits per heavy atom. The fraction of sp³-hybridized carbons (Fsp3) is 0.333. The van der Waals surface area contributed by atoms with Crippen LogP contribution in [-0.2, 0) is 6.54 Å². The molecule has 0 atom stereocenters. The molecule has 0 saturated heterocycles. The molecule has 4 rings (SSSR count). The Labute approximate surface area is 198 Å². The van der Waals surface area contributed by atoms with E-state index in [4.69, 9.17) is 26.4 Å². The van der Waals surface area contributed by atoms with Gasteiger partial charge in [-0.15, -0.1) is 0 Å². The van der Waals surface area contributed by atoms with E-state index < -0.39 is 0 Å². The standard InChI is InChI=1S/C24H28N4O4S/c1-27(2)8-9-28(24(33)26-18-6-4-5-7-20(18)30-3)15-17-12-16-13-21-22(32-11-10-31-21)14-19(16)25-23(17)29/h4-7,12-14H,8-11,15H2,1-3H3,(H,25,29)(H,26,33). The molecule has 0 saturated carbocycles. The molecule has 1 aromatic heterocycles. The van der Waals surface area contributed by atoms with E-state index in [0.717, 1.165) is 17.6 Å². The van der Waals surface area contributed by atoms with Gasteiger partial charge in [-0.3, -0.25) is 4.79 Å². The Morgan fingerprint density at radius 1 is 1.12 bits per heavy atom. The van der Waals surface area contributed by atoms with Crippen LogP contribution < -0.4 is 25.1 Å². The molecule has 9 heteroatoms. The smallest absolute Gasteiger partial charge is 0.253 e. The lowest BCUT2D eigenvalue weighted by molar-refractivity contribution is 0.172. The van der Waals surface area contributed by atoms with Crippen LogP contribution in [0.3, 0.4) is 0 Å². The molecule has 2 N–H and O–H groups in total. The minimum Gasteiger partial charge on any atom is -0.495 e. The lowest BCUT2D eigenvalue weighted by Gasteiger charge is -2.27. The topological polar surface area (TPSA) is 79.1 Å². The van der Waals surface area contributed by atoms with E-state index in [2.05, 4.69) is 15.2 Å². The maximum atomic E-state index is 12.9. The van der Waals surface area contributed by atoms with E-state index in [1.54, 1.807) is 7.11 Å². The van der Waals surface area contributed by atoms with Gasteiger partial charge in [0.25, 0.3) is 5.56 Å². The van der Waals surface area contributed by atoms with Gasteiger partial charge in [0.1, 0.15) is 19.0 Å². The second-order valence-corrected chi connectivity index (χ2v) is 8.45. The minimum absolute atomic E-state index is 0.158. The number of pyridine rings is 1. The zero-order valence-corrected chi connectivity index (χ0v) is 19.8. The number of nitrogens with one attached hydrogen (secondary N) is 2. The van der Waals surface area contributed by atoms with Gasteiger partial charge in [-0.2, -0.15) is 0 Å². The third kappa shape index (κ3) is 5.37. The van der Waals surface area contributed by atoms with Gasteiger partial charge in [-0.05, 0) is 50.6 Å². The summed E-state index contributed by atoms with van der Waals surface area (Å²) in [5.74, 6) is 2.03. The summed E-state index contributed by atoms with van der Waals surface area (Å²) in [5, 5.41) is 4.66. The first-order valence-corrected chi connectivity index (χ1v) is 11.1. The molecular weight excluding hydrogens is 440 g/mol. The summed E-state index contributed by atoms with van der Waals surface area (Å²) >= 11 is 5.73. The molecule has 3 aromatic rings. The van der Waals surface area contributed by atoms with Crippen molar-refractivity contribution in [3.8, 4) is 17.2 Å². The summed E-state index contributed by atoms with van der Waals surface area (Å²) in [6, 6.07) is 13.2. The maximum absolute atomic E-state index is 12.9. The largest absolute Gasteiger partial charge is 0.495 e. The Balaban J connectivity index is 1.61. The molecule has 0 bridgehead atoms. The van der Waals surface area contributed by atoms with Crippen molar-refractivity contribution in [2.24, 2.45) is 0 Å². The van der Waals surface area contributed by atoms with Crippen molar-refractivity contribution < 1.29 is 14.2 Å². The zero-order chi connectivity index (χ0) is 23.4. The molecule has 2 aromatic carbocycles. The number of rotatable bonds is 7. The summed E-state index contributed by atoms with van der Waals surface area (Å²) in [6.45, 7) is 2.78. The van der Waals surface area contributed by atoms with Crippen molar-refractivity contribution in [1.29, 1.82) is 0 Å². The molecule has 0 radical (unpaired) electrons. The van der Waals surface area contributed by atoms with Crippen LogP contribution in [0.5, 0.6) is 17.2 Å². The van der Waals surface area contributed by atoms with E-state index in [1.807, 2.05) is 61.5 Å². The van der Waals surface area contributed by atoms with Crippen molar-refractivity contribution in [3.05, 3.63) is 58.4 Å². The van der Waals surface area contributed by atoms with Crippen LogP contribution in [-0.4, -0.2) is 67.4 Å². The number of thiocarbonyl (C=S) groups is 1. The number of nitrogens with zero attached hydrogens (tertiary/aromatic N) is 2. The number of ether oxygens (including phenoxy) is 3. The van der Waals surface area contributed by atoms with Crippen molar-refractivity contribution in [3.63, 3.8) is 0 Å². The number of hydrogen-bond donors (Lipinski definition) is 2. The number of likely N-dealkylation sites (N-methyl/N-ethyl adjacent to an activating group) is 1. The number of aromatic nitrogens is 1. The third-order valence-corrected chi connectivity index (χ3v) is 5.76. The van der Waals surface area contributed by atoms with Gasteiger partial charge in [0, 0.05) is 30.1 Å². The summed E-state index contributed by atoms with van der Waals surface area (Å²) in [7, 11) is 5.63. The number of methoxy groups -OCH3 is 1. The molecular formula is C24H28N4O4S. The Morgan fingerprint density at radius 3 is 2.58 bits per heavy atom. The number of H-pyrrole nitrogens is 1. The van der Waals surface area contributed by atoms with Crippen LogP contribution in [0.2, 0.25) is 0 Å². The number of fused-ring (bicyclic) bond motifs is 2. The normalized spacial score (nSPS) is 12.6. The van der Waals surface area contributed by atoms with E-state index in [-0.39, 0.29) is 5.56 Å². The van der Waals surface area contributed by atoms with Gasteiger partial charge in [-0.25, -0.2) is 0 Å². The average molecular weight is 469 g/mol.